The minimum absolute atomic E-state index is 0. The van der Waals surface area contributed by atoms with E-state index in [1.165, 1.54) is 12.8 Å². The van der Waals surface area contributed by atoms with Gasteiger partial charge in [-0.3, -0.25) is 9.89 Å². The Labute approximate surface area is 180 Å². The number of nitrogens with one attached hydrogen (secondary N) is 2. The minimum atomic E-state index is -3.15. The summed E-state index contributed by atoms with van der Waals surface area (Å²) in [5.74, 6) is 1.61. The number of rotatable bonds is 7. The molecule has 9 heteroatoms. The number of aliphatic imine (C=N–C) groups is 1. The number of hydrogen-bond acceptors (Lipinski definition) is 5. The molecule has 0 radical (unpaired) electrons. The first-order valence-electron chi connectivity index (χ1n) is 9.19. The van der Waals surface area contributed by atoms with Crippen molar-refractivity contribution < 1.29 is 12.8 Å². The molecule has 27 heavy (non-hydrogen) atoms. The summed E-state index contributed by atoms with van der Waals surface area (Å²) in [6.07, 6.45) is 4.10. The third kappa shape index (κ3) is 6.94. The van der Waals surface area contributed by atoms with Gasteiger partial charge >= 0.3 is 0 Å². The standard InChI is InChI=1S/C18H32N4O3S.HI/c1-18(2,3)26(23,24)13-9-20-17(19-4)21-14-15(16-8-7-12-25-16)22-10-5-6-11-22;/h7-8,12,15H,5-6,9-11,13-14H2,1-4H3,(H2,19,20,21);1H. The second kappa shape index (κ2) is 10.7. The summed E-state index contributed by atoms with van der Waals surface area (Å²) >= 11 is 0. The highest BCUT2D eigenvalue weighted by Gasteiger charge is 2.28. The van der Waals surface area contributed by atoms with Crippen molar-refractivity contribution in [3.05, 3.63) is 24.2 Å². The summed E-state index contributed by atoms with van der Waals surface area (Å²) in [6.45, 7) is 8.26. The van der Waals surface area contributed by atoms with E-state index in [0.717, 1.165) is 18.8 Å². The van der Waals surface area contributed by atoms with Gasteiger partial charge in [-0.2, -0.15) is 0 Å². The molecule has 2 N–H and O–H groups in total. The number of halogens is 1. The van der Waals surface area contributed by atoms with Crippen LogP contribution in [-0.4, -0.2) is 63.0 Å². The predicted molar refractivity (Wildman–Crippen MR) is 121 cm³/mol. The molecule has 0 saturated carbocycles. The first kappa shape index (κ1) is 24.2. The monoisotopic (exact) mass is 512 g/mol. The van der Waals surface area contributed by atoms with Gasteiger partial charge in [-0.1, -0.05) is 0 Å². The van der Waals surface area contributed by atoms with E-state index < -0.39 is 14.6 Å². The molecule has 7 nitrogen and oxygen atoms in total. The maximum absolute atomic E-state index is 12.2. The first-order chi connectivity index (χ1) is 12.2. The zero-order valence-corrected chi connectivity index (χ0v) is 19.8. The molecule has 156 valence electrons. The fourth-order valence-corrected chi connectivity index (χ4v) is 3.95. The van der Waals surface area contributed by atoms with Gasteiger partial charge in [0.05, 0.1) is 22.8 Å². The molecule has 1 aromatic heterocycles. The molecule has 2 rings (SSSR count). The molecule has 0 amide bonds. The molecule has 2 heterocycles. The van der Waals surface area contributed by atoms with Gasteiger partial charge in [0.1, 0.15) is 5.76 Å². The normalized spacial score (nSPS) is 17.4. The Balaban J connectivity index is 0.00000364. The van der Waals surface area contributed by atoms with E-state index in [1.54, 1.807) is 34.1 Å². The molecule has 0 aliphatic carbocycles. The number of nitrogens with zero attached hydrogens (tertiary/aromatic N) is 2. The van der Waals surface area contributed by atoms with Crippen LogP contribution < -0.4 is 10.6 Å². The smallest absolute Gasteiger partial charge is 0.191 e. The lowest BCUT2D eigenvalue weighted by atomic mass is 10.2. The Hall–Kier alpha value is -0.810. The van der Waals surface area contributed by atoms with Crippen molar-refractivity contribution in [3.63, 3.8) is 0 Å². The van der Waals surface area contributed by atoms with E-state index in [0.29, 0.717) is 19.0 Å². The second-order valence-corrected chi connectivity index (χ2v) is 10.4. The van der Waals surface area contributed by atoms with E-state index in [-0.39, 0.29) is 35.8 Å². The summed E-state index contributed by atoms with van der Waals surface area (Å²) in [4.78, 5) is 6.61. The van der Waals surface area contributed by atoms with Crippen LogP contribution in [0, 0.1) is 0 Å². The van der Waals surface area contributed by atoms with Crippen molar-refractivity contribution in [2.45, 2.75) is 44.4 Å². The molecule has 1 fully saturated rings. The van der Waals surface area contributed by atoms with Crippen molar-refractivity contribution in [2.24, 2.45) is 4.99 Å². The van der Waals surface area contributed by atoms with Gasteiger partial charge in [0.15, 0.2) is 15.8 Å². The Morgan fingerprint density at radius 3 is 2.48 bits per heavy atom. The Bertz CT molecular complexity index is 678. The van der Waals surface area contributed by atoms with Crippen molar-refractivity contribution in [3.8, 4) is 0 Å². The summed E-state index contributed by atoms with van der Waals surface area (Å²) in [7, 11) is -1.46. The van der Waals surface area contributed by atoms with Crippen LogP contribution in [0.1, 0.15) is 45.4 Å². The van der Waals surface area contributed by atoms with Gasteiger partial charge in [0.2, 0.25) is 0 Å². The maximum Gasteiger partial charge on any atom is 0.191 e. The average Bonchev–Trinajstić information content (AvgIpc) is 3.26. The van der Waals surface area contributed by atoms with Crippen LogP contribution in [0.4, 0.5) is 0 Å². The van der Waals surface area contributed by atoms with Crippen molar-refractivity contribution in [1.29, 1.82) is 0 Å². The van der Waals surface area contributed by atoms with Gasteiger partial charge in [0, 0.05) is 20.1 Å². The maximum atomic E-state index is 12.2. The molecule has 1 unspecified atom stereocenters. The van der Waals surface area contributed by atoms with Crippen molar-refractivity contribution >= 4 is 39.8 Å². The zero-order valence-electron chi connectivity index (χ0n) is 16.7. The van der Waals surface area contributed by atoms with Gasteiger partial charge in [0.25, 0.3) is 0 Å². The largest absolute Gasteiger partial charge is 0.468 e. The first-order valence-corrected chi connectivity index (χ1v) is 10.8. The molecule has 0 bridgehead atoms. The van der Waals surface area contributed by atoms with Gasteiger partial charge in [-0.05, 0) is 58.8 Å². The van der Waals surface area contributed by atoms with Gasteiger partial charge in [-0.15, -0.1) is 24.0 Å². The zero-order chi connectivity index (χ0) is 19.2. The highest BCUT2D eigenvalue weighted by Crippen LogP contribution is 2.24. The Morgan fingerprint density at radius 2 is 1.96 bits per heavy atom. The average molecular weight is 512 g/mol. The van der Waals surface area contributed by atoms with Crippen LogP contribution in [0.25, 0.3) is 0 Å². The summed E-state index contributed by atoms with van der Waals surface area (Å²) in [6, 6.07) is 4.05. The molecule has 0 aromatic carbocycles. The van der Waals surface area contributed by atoms with Crippen LogP contribution in [0.2, 0.25) is 0 Å². The second-order valence-electron chi connectivity index (χ2n) is 7.59. The highest BCUT2D eigenvalue weighted by atomic mass is 127. The van der Waals surface area contributed by atoms with Crippen molar-refractivity contribution in [2.75, 3.05) is 39.0 Å². The van der Waals surface area contributed by atoms with Crippen LogP contribution in [0.3, 0.4) is 0 Å². The number of sulfone groups is 1. The SMILES string of the molecule is CN=C(NCCS(=O)(=O)C(C)(C)C)NCC(c1ccco1)N1CCCC1.I. The van der Waals surface area contributed by atoms with E-state index in [1.807, 2.05) is 12.1 Å². The summed E-state index contributed by atoms with van der Waals surface area (Å²) in [5.41, 5.74) is 0. The van der Waals surface area contributed by atoms with Crippen molar-refractivity contribution in [1.82, 2.24) is 15.5 Å². The van der Waals surface area contributed by atoms with Gasteiger partial charge < -0.3 is 15.1 Å². The van der Waals surface area contributed by atoms with Gasteiger partial charge in [-0.25, -0.2) is 8.42 Å². The third-order valence-corrected chi connectivity index (χ3v) is 7.34. The lowest BCUT2D eigenvalue weighted by Crippen LogP contribution is -2.44. The summed E-state index contributed by atoms with van der Waals surface area (Å²) < 4.78 is 29.3. The Kier molecular flexibility index (Phi) is 9.56. The molecular weight excluding hydrogens is 479 g/mol. The molecule has 1 aliphatic heterocycles. The number of guanidine groups is 1. The minimum Gasteiger partial charge on any atom is -0.468 e. The molecule has 1 atom stereocenters. The Morgan fingerprint density at radius 1 is 1.30 bits per heavy atom. The topological polar surface area (TPSA) is 86.9 Å². The van der Waals surface area contributed by atoms with Crippen LogP contribution >= 0.6 is 24.0 Å². The lowest BCUT2D eigenvalue weighted by Gasteiger charge is -2.27. The predicted octanol–water partition coefficient (Wildman–Crippen LogP) is 2.41. The highest BCUT2D eigenvalue weighted by molar-refractivity contribution is 14.0. The lowest BCUT2D eigenvalue weighted by molar-refractivity contribution is 0.215. The van der Waals surface area contributed by atoms with E-state index in [2.05, 4.69) is 20.5 Å². The number of likely N-dealkylation sites (tertiary alicyclic amines) is 1. The molecule has 1 saturated heterocycles. The third-order valence-electron chi connectivity index (χ3n) is 4.74. The van der Waals surface area contributed by atoms with Crippen LogP contribution in [0.15, 0.2) is 27.8 Å². The quantitative estimate of drug-likeness (QED) is 0.332. The molecule has 1 aromatic rings. The van der Waals surface area contributed by atoms with E-state index in [4.69, 9.17) is 4.42 Å². The molecule has 1 aliphatic rings. The fourth-order valence-electron chi connectivity index (χ4n) is 2.97. The molecular formula is C18H33IN4O3S. The van der Waals surface area contributed by atoms with E-state index >= 15 is 0 Å². The number of hydrogen-bond donors (Lipinski definition) is 2. The fraction of sp³-hybridized carbons (Fsp3) is 0.722. The summed E-state index contributed by atoms with van der Waals surface area (Å²) in [5, 5.41) is 6.40. The molecule has 0 spiro atoms. The van der Waals surface area contributed by atoms with Crippen LogP contribution in [-0.2, 0) is 9.84 Å². The van der Waals surface area contributed by atoms with Crippen LogP contribution in [0.5, 0.6) is 0 Å². The van der Waals surface area contributed by atoms with E-state index in [9.17, 15) is 8.42 Å². The number of furan rings is 1.